The molecule has 1 aliphatic heterocycles. The van der Waals surface area contributed by atoms with Crippen LogP contribution in [0.2, 0.25) is 0 Å². The molecule has 1 heterocycles. The lowest BCUT2D eigenvalue weighted by Gasteiger charge is -2.38. The zero-order valence-electron chi connectivity index (χ0n) is 19.7. The molecule has 0 spiro atoms. The molecule has 5 nitrogen and oxygen atoms in total. The van der Waals surface area contributed by atoms with Gasteiger partial charge in [0.05, 0.1) is 44.9 Å². The van der Waals surface area contributed by atoms with Crippen LogP contribution in [0.4, 0.5) is 0 Å². The molecule has 5 heteroatoms. The minimum atomic E-state index is -0.854. The minimum Gasteiger partial charge on any atom is -0.493 e. The molecule has 3 aromatic rings. The van der Waals surface area contributed by atoms with Crippen LogP contribution < -0.4 is 10.5 Å². The molecule has 1 fully saturated rings. The molecule has 0 aromatic heterocycles. The first-order chi connectivity index (χ1) is 16.5. The summed E-state index contributed by atoms with van der Waals surface area (Å²) in [6.45, 7) is 3.40. The average molecular weight is 455 g/mol. The molecule has 1 aliphatic rings. The molecule has 1 saturated heterocycles. The monoisotopic (exact) mass is 454 g/mol. The molecule has 174 valence electrons. The van der Waals surface area contributed by atoms with Gasteiger partial charge in [-0.2, -0.15) is 5.26 Å². The van der Waals surface area contributed by atoms with E-state index in [4.69, 9.17) is 15.7 Å². The Balaban J connectivity index is 1.50. The summed E-state index contributed by atoms with van der Waals surface area (Å²) in [5.74, 6) is 0.541. The van der Waals surface area contributed by atoms with Gasteiger partial charge in [-0.05, 0) is 29.3 Å². The molecule has 2 atom stereocenters. The quantitative estimate of drug-likeness (QED) is 0.388. The number of quaternary nitrogens is 1. The fraction of sp³-hybridized carbons (Fsp3) is 0.310. The highest BCUT2D eigenvalue weighted by molar-refractivity contribution is 5.91. The molecule has 0 aliphatic carbocycles. The van der Waals surface area contributed by atoms with Crippen molar-refractivity contribution in [2.75, 3.05) is 33.3 Å². The average Bonchev–Trinajstić information content (AvgIpc) is 3.26. The zero-order valence-corrected chi connectivity index (χ0v) is 19.7. The molecule has 2 N–H and O–H groups in total. The van der Waals surface area contributed by atoms with E-state index in [-0.39, 0.29) is 11.8 Å². The van der Waals surface area contributed by atoms with Crippen LogP contribution in [0.15, 0.2) is 84.9 Å². The topological polar surface area (TPSA) is 76.1 Å². The molecular weight excluding hydrogens is 422 g/mol. The first-order valence-corrected chi connectivity index (χ1v) is 11.9. The Morgan fingerprint density at radius 2 is 1.71 bits per heavy atom. The van der Waals surface area contributed by atoms with Crippen molar-refractivity contribution in [1.82, 2.24) is 0 Å². The van der Waals surface area contributed by atoms with Gasteiger partial charge in [-0.1, -0.05) is 66.7 Å². The number of hydrogen-bond acceptors (Lipinski definition) is 3. The summed E-state index contributed by atoms with van der Waals surface area (Å²) in [7, 11) is 2.26. The SMILES string of the molecule is C[N+]1(CCCOc2cccc(C#N)c2)CC[C@@H](C(C(N)=O)(c2ccccc2)c2ccccc2)C1. The van der Waals surface area contributed by atoms with E-state index < -0.39 is 5.41 Å². The second-order valence-electron chi connectivity index (χ2n) is 9.48. The first kappa shape index (κ1) is 23.5. The van der Waals surface area contributed by atoms with Gasteiger partial charge in [-0.15, -0.1) is 0 Å². The summed E-state index contributed by atoms with van der Waals surface area (Å²) < 4.78 is 6.77. The first-order valence-electron chi connectivity index (χ1n) is 11.9. The molecular formula is C29H32N3O2+. The van der Waals surface area contributed by atoms with E-state index in [9.17, 15) is 4.79 Å². The zero-order chi connectivity index (χ0) is 24.0. The number of ether oxygens (including phenoxy) is 1. The Hall–Kier alpha value is -3.62. The maximum Gasteiger partial charge on any atom is 0.233 e. The fourth-order valence-electron chi connectivity index (χ4n) is 5.56. The van der Waals surface area contributed by atoms with Gasteiger partial charge >= 0.3 is 0 Å². The second kappa shape index (κ2) is 10.1. The van der Waals surface area contributed by atoms with Gasteiger partial charge in [0.25, 0.3) is 0 Å². The Kier molecular flexibility index (Phi) is 7.00. The van der Waals surface area contributed by atoms with Gasteiger partial charge in [0.1, 0.15) is 11.2 Å². The van der Waals surface area contributed by atoms with Crippen LogP contribution in [0, 0.1) is 17.2 Å². The molecule has 1 amide bonds. The summed E-state index contributed by atoms with van der Waals surface area (Å²) in [4.78, 5) is 13.3. The maximum atomic E-state index is 13.3. The Bertz CT molecular complexity index is 1120. The van der Waals surface area contributed by atoms with Crippen molar-refractivity contribution < 1.29 is 14.0 Å². The molecule has 0 bridgehead atoms. The molecule has 34 heavy (non-hydrogen) atoms. The van der Waals surface area contributed by atoms with Gasteiger partial charge in [-0.3, -0.25) is 4.79 Å². The lowest BCUT2D eigenvalue weighted by atomic mass is 9.64. The van der Waals surface area contributed by atoms with Crippen molar-refractivity contribution in [2.24, 2.45) is 11.7 Å². The van der Waals surface area contributed by atoms with E-state index in [0.717, 1.165) is 53.8 Å². The normalized spacial score (nSPS) is 19.9. The number of nitriles is 1. The summed E-state index contributed by atoms with van der Waals surface area (Å²) >= 11 is 0. The summed E-state index contributed by atoms with van der Waals surface area (Å²) in [6.07, 6.45) is 1.81. The van der Waals surface area contributed by atoms with Gasteiger partial charge in [0, 0.05) is 18.8 Å². The van der Waals surface area contributed by atoms with Crippen LogP contribution in [0.5, 0.6) is 5.75 Å². The summed E-state index contributed by atoms with van der Waals surface area (Å²) in [5.41, 5.74) is 7.90. The van der Waals surface area contributed by atoms with E-state index >= 15 is 0 Å². The van der Waals surface area contributed by atoms with E-state index in [1.807, 2.05) is 72.8 Å². The maximum absolute atomic E-state index is 13.3. The van der Waals surface area contributed by atoms with Crippen molar-refractivity contribution in [1.29, 1.82) is 5.26 Å². The van der Waals surface area contributed by atoms with Gasteiger partial charge in [-0.25, -0.2) is 0 Å². The third-order valence-corrected chi connectivity index (χ3v) is 7.21. The van der Waals surface area contributed by atoms with Crippen LogP contribution in [-0.2, 0) is 10.2 Å². The second-order valence-corrected chi connectivity index (χ2v) is 9.48. The third kappa shape index (κ3) is 4.69. The Morgan fingerprint density at radius 1 is 1.06 bits per heavy atom. The van der Waals surface area contributed by atoms with E-state index in [0.29, 0.717) is 12.2 Å². The lowest BCUT2D eigenvalue weighted by Crippen LogP contribution is -2.51. The van der Waals surface area contributed by atoms with Crippen molar-refractivity contribution in [3.05, 3.63) is 102 Å². The van der Waals surface area contributed by atoms with E-state index in [1.54, 1.807) is 12.1 Å². The standard InChI is InChI=1S/C29H31N3O2/c1-32(17-9-19-34-27-15-8-10-23(20-27)21-30)18-16-26(22-32)29(28(31)33,24-11-4-2-5-12-24)25-13-6-3-7-14-25/h2-8,10-15,20,26H,9,16-19,22H2,1H3,(H-,31,33)/p+1/t26-,32?/m1/s1. The number of rotatable bonds is 9. The lowest BCUT2D eigenvalue weighted by molar-refractivity contribution is -0.899. The number of hydrogen-bond donors (Lipinski definition) is 1. The van der Waals surface area contributed by atoms with E-state index in [2.05, 4.69) is 13.1 Å². The van der Waals surface area contributed by atoms with Gasteiger partial charge in [0.15, 0.2) is 0 Å². The van der Waals surface area contributed by atoms with Gasteiger partial charge in [0.2, 0.25) is 5.91 Å². The van der Waals surface area contributed by atoms with Crippen LogP contribution in [0.25, 0.3) is 0 Å². The summed E-state index contributed by atoms with van der Waals surface area (Å²) in [6, 6.07) is 29.4. The largest absolute Gasteiger partial charge is 0.493 e. The number of likely N-dealkylation sites (tertiary alicyclic amines) is 1. The number of primary amides is 1. The van der Waals surface area contributed by atoms with Crippen LogP contribution in [0.3, 0.4) is 0 Å². The highest BCUT2D eigenvalue weighted by atomic mass is 16.5. The number of carbonyl (C=O) groups excluding carboxylic acids is 1. The van der Waals surface area contributed by atoms with Crippen LogP contribution in [-0.4, -0.2) is 43.7 Å². The van der Waals surface area contributed by atoms with Crippen LogP contribution in [0.1, 0.15) is 29.5 Å². The fourth-order valence-corrected chi connectivity index (χ4v) is 5.56. The van der Waals surface area contributed by atoms with Crippen molar-refractivity contribution in [2.45, 2.75) is 18.3 Å². The molecule has 3 aromatic carbocycles. The smallest absolute Gasteiger partial charge is 0.233 e. The highest BCUT2D eigenvalue weighted by Gasteiger charge is 2.53. The Morgan fingerprint density at radius 3 is 2.29 bits per heavy atom. The molecule has 4 rings (SSSR count). The van der Waals surface area contributed by atoms with Crippen molar-refractivity contribution in [3.63, 3.8) is 0 Å². The van der Waals surface area contributed by atoms with Crippen molar-refractivity contribution in [3.8, 4) is 11.8 Å². The number of amides is 1. The number of benzene rings is 3. The van der Waals surface area contributed by atoms with Crippen molar-refractivity contribution >= 4 is 5.91 Å². The number of nitrogens with two attached hydrogens (primary N) is 1. The Labute approximate surface area is 202 Å². The highest BCUT2D eigenvalue weighted by Crippen LogP contribution is 2.45. The molecule has 1 unspecified atom stereocenters. The molecule has 0 radical (unpaired) electrons. The summed E-state index contributed by atoms with van der Waals surface area (Å²) in [5, 5.41) is 9.06. The number of carbonyl (C=O) groups is 1. The van der Waals surface area contributed by atoms with Crippen LogP contribution >= 0.6 is 0 Å². The number of nitrogens with zero attached hydrogens (tertiary/aromatic N) is 2. The predicted octanol–water partition coefficient (Wildman–Crippen LogP) is 4.27. The van der Waals surface area contributed by atoms with E-state index in [1.165, 1.54) is 0 Å². The third-order valence-electron chi connectivity index (χ3n) is 7.21. The molecule has 0 saturated carbocycles. The minimum absolute atomic E-state index is 0.105. The predicted molar refractivity (Wildman–Crippen MR) is 133 cm³/mol. The van der Waals surface area contributed by atoms with Gasteiger partial charge < -0.3 is 15.0 Å².